The number of ether oxygens (including phenoxy) is 1. The molecule has 3 rings (SSSR count). The Hall–Kier alpha value is -1.87. The van der Waals surface area contributed by atoms with Gasteiger partial charge < -0.3 is 9.84 Å². The number of hydrogen-bond donors (Lipinski definition) is 1. The highest BCUT2D eigenvalue weighted by Gasteiger charge is 2.23. The Morgan fingerprint density at radius 2 is 2.22 bits per heavy atom. The molecule has 3 heteroatoms. The van der Waals surface area contributed by atoms with Gasteiger partial charge in [-0.15, -0.1) is 0 Å². The Morgan fingerprint density at radius 3 is 3.06 bits per heavy atom. The SMILES string of the molecule is OC1CCc2c(OCc3cccnc3)cccc21. The predicted octanol–water partition coefficient (Wildman–Crippen LogP) is 2.64. The fraction of sp³-hybridized carbons (Fsp3) is 0.267. The molecular weight excluding hydrogens is 226 g/mol. The van der Waals surface area contributed by atoms with Gasteiger partial charge in [-0.05, 0) is 30.5 Å². The van der Waals surface area contributed by atoms with Crippen LogP contribution < -0.4 is 4.74 Å². The molecule has 0 spiro atoms. The van der Waals surface area contributed by atoms with E-state index in [1.807, 2.05) is 30.3 Å². The third-order valence-corrected chi connectivity index (χ3v) is 3.31. The van der Waals surface area contributed by atoms with E-state index < -0.39 is 0 Å². The van der Waals surface area contributed by atoms with Gasteiger partial charge in [0.25, 0.3) is 0 Å². The summed E-state index contributed by atoms with van der Waals surface area (Å²) in [7, 11) is 0. The number of fused-ring (bicyclic) bond motifs is 1. The molecule has 1 atom stereocenters. The molecule has 0 amide bonds. The number of aliphatic hydroxyl groups excluding tert-OH is 1. The fourth-order valence-electron chi connectivity index (χ4n) is 2.38. The minimum Gasteiger partial charge on any atom is -0.489 e. The minimum absolute atomic E-state index is 0.332. The van der Waals surface area contributed by atoms with Crippen molar-refractivity contribution in [1.82, 2.24) is 4.98 Å². The maximum Gasteiger partial charge on any atom is 0.123 e. The molecule has 0 aliphatic heterocycles. The highest BCUT2D eigenvalue weighted by Crippen LogP contribution is 2.36. The van der Waals surface area contributed by atoms with Crippen molar-refractivity contribution < 1.29 is 9.84 Å². The van der Waals surface area contributed by atoms with Crippen molar-refractivity contribution in [3.05, 3.63) is 59.4 Å². The summed E-state index contributed by atoms with van der Waals surface area (Å²) in [4.78, 5) is 4.06. The van der Waals surface area contributed by atoms with Crippen LogP contribution in [0.1, 0.15) is 29.2 Å². The molecule has 1 aliphatic rings. The van der Waals surface area contributed by atoms with Crippen molar-refractivity contribution in [1.29, 1.82) is 0 Å². The molecule has 1 aromatic heterocycles. The van der Waals surface area contributed by atoms with E-state index in [4.69, 9.17) is 4.74 Å². The molecule has 1 N–H and O–H groups in total. The summed E-state index contributed by atoms with van der Waals surface area (Å²) in [5, 5.41) is 9.83. The largest absolute Gasteiger partial charge is 0.489 e. The molecular formula is C15H15NO2. The average Bonchev–Trinajstić information content (AvgIpc) is 2.80. The maximum atomic E-state index is 9.83. The molecule has 1 unspecified atom stereocenters. The second kappa shape index (κ2) is 4.78. The number of nitrogens with zero attached hydrogens (tertiary/aromatic N) is 1. The van der Waals surface area contributed by atoms with Gasteiger partial charge in [0.1, 0.15) is 12.4 Å². The van der Waals surface area contributed by atoms with Crippen LogP contribution in [0.5, 0.6) is 5.75 Å². The molecule has 1 heterocycles. The van der Waals surface area contributed by atoms with Crippen LogP contribution in [0.15, 0.2) is 42.7 Å². The van der Waals surface area contributed by atoms with Crippen LogP contribution in [0, 0.1) is 0 Å². The van der Waals surface area contributed by atoms with Gasteiger partial charge in [0, 0.05) is 23.5 Å². The van der Waals surface area contributed by atoms with Crippen LogP contribution >= 0.6 is 0 Å². The van der Waals surface area contributed by atoms with E-state index in [9.17, 15) is 5.11 Å². The molecule has 0 bridgehead atoms. The molecule has 1 aliphatic carbocycles. The van der Waals surface area contributed by atoms with Crippen LogP contribution in [0.25, 0.3) is 0 Å². The summed E-state index contributed by atoms with van der Waals surface area (Å²) in [5.74, 6) is 0.882. The van der Waals surface area contributed by atoms with Gasteiger partial charge >= 0.3 is 0 Å². The Bertz CT molecular complexity index is 539. The first-order valence-electron chi connectivity index (χ1n) is 6.16. The second-order valence-corrected chi connectivity index (χ2v) is 4.53. The molecule has 1 aromatic carbocycles. The van der Waals surface area contributed by atoms with Gasteiger partial charge in [-0.25, -0.2) is 0 Å². The zero-order valence-electron chi connectivity index (χ0n) is 10.0. The van der Waals surface area contributed by atoms with E-state index in [1.54, 1.807) is 12.4 Å². The molecule has 0 radical (unpaired) electrons. The third kappa shape index (κ3) is 2.09. The minimum atomic E-state index is -0.332. The van der Waals surface area contributed by atoms with Crippen LogP contribution in [0.3, 0.4) is 0 Å². The molecule has 0 saturated heterocycles. The second-order valence-electron chi connectivity index (χ2n) is 4.53. The molecule has 0 fully saturated rings. The van der Waals surface area contributed by atoms with Gasteiger partial charge in [-0.2, -0.15) is 0 Å². The molecule has 2 aromatic rings. The lowest BCUT2D eigenvalue weighted by Gasteiger charge is -2.11. The standard InChI is InChI=1S/C15H15NO2/c17-14-7-6-13-12(14)4-1-5-15(13)18-10-11-3-2-8-16-9-11/h1-5,8-9,14,17H,6-7,10H2. The topological polar surface area (TPSA) is 42.4 Å². The first-order chi connectivity index (χ1) is 8.84. The summed E-state index contributed by atoms with van der Waals surface area (Å²) < 4.78 is 5.83. The van der Waals surface area contributed by atoms with Crippen molar-refractivity contribution in [2.24, 2.45) is 0 Å². The highest BCUT2D eigenvalue weighted by molar-refractivity contribution is 5.44. The molecule has 18 heavy (non-hydrogen) atoms. The number of rotatable bonds is 3. The van der Waals surface area contributed by atoms with Gasteiger partial charge in [0.05, 0.1) is 6.10 Å². The van der Waals surface area contributed by atoms with Gasteiger partial charge in [-0.1, -0.05) is 18.2 Å². The number of hydrogen-bond acceptors (Lipinski definition) is 3. The summed E-state index contributed by atoms with van der Waals surface area (Å²) in [6.45, 7) is 0.514. The number of pyridine rings is 1. The third-order valence-electron chi connectivity index (χ3n) is 3.31. The zero-order chi connectivity index (χ0) is 12.4. The van der Waals surface area contributed by atoms with E-state index >= 15 is 0 Å². The van der Waals surface area contributed by atoms with Crippen molar-refractivity contribution in [2.45, 2.75) is 25.6 Å². The number of benzene rings is 1. The van der Waals surface area contributed by atoms with E-state index in [1.165, 1.54) is 0 Å². The number of aliphatic hydroxyl groups is 1. The average molecular weight is 241 g/mol. The lowest BCUT2D eigenvalue weighted by Crippen LogP contribution is -1.99. The van der Waals surface area contributed by atoms with E-state index in [2.05, 4.69) is 4.98 Å². The normalized spacial score (nSPS) is 17.5. The summed E-state index contributed by atoms with van der Waals surface area (Å²) in [6, 6.07) is 9.77. The van der Waals surface area contributed by atoms with Gasteiger partial charge in [0.15, 0.2) is 0 Å². The zero-order valence-corrected chi connectivity index (χ0v) is 10.0. The van der Waals surface area contributed by atoms with Crippen LogP contribution in [-0.4, -0.2) is 10.1 Å². The van der Waals surface area contributed by atoms with Crippen molar-refractivity contribution in [3.8, 4) is 5.75 Å². The summed E-state index contributed by atoms with van der Waals surface area (Å²) in [5.41, 5.74) is 3.21. The first-order valence-corrected chi connectivity index (χ1v) is 6.16. The number of aromatic nitrogens is 1. The summed E-state index contributed by atoms with van der Waals surface area (Å²) in [6.07, 6.45) is 4.90. The Labute approximate surface area is 106 Å². The Kier molecular flexibility index (Phi) is 2.99. The van der Waals surface area contributed by atoms with Crippen molar-refractivity contribution in [2.75, 3.05) is 0 Å². The van der Waals surface area contributed by atoms with Gasteiger partial charge in [0.2, 0.25) is 0 Å². The predicted molar refractivity (Wildman–Crippen MR) is 68.3 cm³/mol. The lowest BCUT2D eigenvalue weighted by atomic mass is 10.1. The van der Waals surface area contributed by atoms with Crippen molar-refractivity contribution >= 4 is 0 Å². The highest BCUT2D eigenvalue weighted by atomic mass is 16.5. The van der Waals surface area contributed by atoms with Gasteiger partial charge in [-0.3, -0.25) is 4.98 Å². The van der Waals surface area contributed by atoms with Crippen molar-refractivity contribution in [3.63, 3.8) is 0 Å². The van der Waals surface area contributed by atoms with E-state index in [0.717, 1.165) is 35.3 Å². The Morgan fingerprint density at radius 1 is 1.28 bits per heavy atom. The fourth-order valence-corrected chi connectivity index (χ4v) is 2.38. The maximum absolute atomic E-state index is 9.83. The van der Waals surface area contributed by atoms with Crippen LogP contribution in [0.2, 0.25) is 0 Å². The first kappa shape index (κ1) is 11.2. The Balaban J connectivity index is 1.78. The van der Waals surface area contributed by atoms with E-state index in [-0.39, 0.29) is 6.10 Å². The molecule has 92 valence electrons. The summed E-state index contributed by atoms with van der Waals surface area (Å²) >= 11 is 0. The smallest absolute Gasteiger partial charge is 0.123 e. The van der Waals surface area contributed by atoms with E-state index in [0.29, 0.717) is 6.61 Å². The lowest BCUT2D eigenvalue weighted by molar-refractivity contribution is 0.180. The van der Waals surface area contributed by atoms with Crippen LogP contribution in [0.4, 0.5) is 0 Å². The monoisotopic (exact) mass is 241 g/mol. The molecule has 0 saturated carbocycles. The van der Waals surface area contributed by atoms with Crippen LogP contribution in [-0.2, 0) is 13.0 Å². The molecule has 3 nitrogen and oxygen atoms in total. The quantitative estimate of drug-likeness (QED) is 0.898.